The first kappa shape index (κ1) is 22.0. The van der Waals surface area contributed by atoms with E-state index in [0.29, 0.717) is 0 Å². The number of benzene rings is 2. The fourth-order valence-corrected chi connectivity index (χ4v) is 4.16. The number of carbonyl (C=O) groups excluding carboxylic acids is 2. The summed E-state index contributed by atoms with van der Waals surface area (Å²) in [5, 5.41) is 2.94. The van der Waals surface area contributed by atoms with Crippen molar-refractivity contribution in [3.05, 3.63) is 58.1 Å². The maximum Gasteiger partial charge on any atom is 0.339 e. The molecule has 1 amide bonds. The van der Waals surface area contributed by atoms with E-state index >= 15 is 0 Å². The molecule has 0 bridgehead atoms. The van der Waals surface area contributed by atoms with Crippen LogP contribution in [-0.4, -0.2) is 39.7 Å². The molecule has 1 atom stereocenters. The molecule has 0 aromatic heterocycles. The Morgan fingerprint density at radius 2 is 1.79 bits per heavy atom. The van der Waals surface area contributed by atoms with Crippen molar-refractivity contribution in [2.75, 3.05) is 23.0 Å². The summed E-state index contributed by atoms with van der Waals surface area (Å²) in [6, 6.07) is 9.34. The standard InChI is InChI=1S/C18H18Cl2N2O5S/c1-11(17(23)21-15-7-5-4-6-13(15)18(24)27-2)22(28(3,25)26)16-10-12(19)8-9-14(16)20/h4-11H,1-3H3,(H,21,23)/t11-/m0/s1. The van der Waals surface area contributed by atoms with Crippen molar-refractivity contribution in [1.29, 1.82) is 0 Å². The van der Waals surface area contributed by atoms with Crippen LogP contribution in [0.1, 0.15) is 17.3 Å². The van der Waals surface area contributed by atoms with Crippen LogP contribution in [0.15, 0.2) is 42.5 Å². The average molecular weight is 445 g/mol. The SMILES string of the molecule is COC(=O)c1ccccc1NC(=O)[C@H](C)N(c1cc(Cl)ccc1Cl)S(C)(=O)=O. The number of carbonyl (C=O) groups is 2. The number of para-hydroxylation sites is 1. The average Bonchev–Trinajstić information content (AvgIpc) is 2.63. The molecule has 0 saturated carbocycles. The molecular weight excluding hydrogens is 427 g/mol. The van der Waals surface area contributed by atoms with E-state index in [1.165, 1.54) is 44.4 Å². The predicted molar refractivity (Wildman–Crippen MR) is 110 cm³/mol. The summed E-state index contributed by atoms with van der Waals surface area (Å²) in [5.74, 6) is -1.31. The number of hydrogen-bond donors (Lipinski definition) is 1. The second kappa shape index (κ2) is 8.81. The molecule has 2 aromatic carbocycles. The van der Waals surface area contributed by atoms with E-state index in [1.54, 1.807) is 12.1 Å². The molecule has 0 fully saturated rings. The number of anilines is 2. The second-order valence-electron chi connectivity index (χ2n) is 5.86. The Morgan fingerprint density at radius 3 is 2.39 bits per heavy atom. The predicted octanol–water partition coefficient (Wildman–Crippen LogP) is 3.57. The first-order valence-electron chi connectivity index (χ1n) is 7.99. The van der Waals surface area contributed by atoms with Crippen molar-refractivity contribution >= 4 is 56.5 Å². The van der Waals surface area contributed by atoms with Crippen molar-refractivity contribution in [3.63, 3.8) is 0 Å². The van der Waals surface area contributed by atoms with E-state index in [9.17, 15) is 18.0 Å². The highest BCUT2D eigenvalue weighted by Gasteiger charge is 2.31. The first-order chi connectivity index (χ1) is 13.1. The largest absolute Gasteiger partial charge is 0.465 e. The van der Waals surface area contributed by atoms with Gasteiger partial charge in [0.05, 0.1) is 35.3 Å². The van der Waals surface area contributed by atoms with E-state index in [2.05, 4.69) is 5.32 Å². The number of esters is 1. The number of amides is 1. The molecule has 1 N–H and O–H groups in total. The molecule has 0 spiro atoms. The van der Waals surface area contributed by atoms with Crippen LogP contribution in [0.25, 0.3) is 0 Å². The van der Waals surface area contributed by atoms with Crippen molar-refractivity contribution in [3.8, 4) is 0 Å². The lowest BCUT2D eigenvalue weighted by molar-refractivity contribution is -0.116. The van der Waals surface area contributed by atoms with Crippen LogP contribution in [0.3, 0.4) is 0 Å². The maximum atomic E-state index is 12.8. The van der Waals surface area contributed by atoms with Crippen molar-refractivity contribution in [1.82, 2.24) is 0 Å². The molecule has 0 heterocycles. The first-order valence-corrected chi connectivity index (χ1v) is 10.6. The fraction of sp³-hybridized carbons (Fsp3) is 0.222. The summed E-state index contributed by atoms with van der Waals surface area (Å²) >= 11 is 12.1. The number of halogens is 2. The van der Waals surface area contributed by atoms with E-state index in [0.717, 1.165) is 10.6 Å². The molecular formula is C18H18Cl2N2O5S. The lowest BCUT2D eigenvalue weighted by Crippen LogP contribution is -2.45. The van der Waals surface area contributed by atoms with Crippen LogP contribution < -0.4 is 9.62 Å². The molecule has 150 valence electrons. The van der Waals surface area contributed by atoms with E-state index < -0.39 is 27.9 Å². The normalized spacial score (nSPS) is 12.2. The smallest absolute Gasteiger partial charge is 0.339 e. The van der Waals surface area contributed by atoms with Gasteiger partial charge in [0, 0.05) is 5.02 Å². The van der Waals surface area contributed by atoms with Gasteiger partial charge in [0.15, 0.2) is 0 Å². The Balaban J connectivity index is 2.41. The van der Waals surface area contributed by atoms with E-state index in [-0.39, 0.29) is 27.0 Å². The van der Waals surface area contributed by atoms with Gasteiger partial charge >= 0.3 is 5.97 Å². The number of ether oxygens (including phenoxy) is 1. The van der Waals surface area contributed by atoms with Gasteiger partial charge in [0.25, 0.3) is 0 Å². The summed E-state index contributed by atoms with van der Waals surface area (Å²) in [4.78, 5) is 24.7. The van der Waals surface area contributed by atoms with Crippen molar-refractivity contribution < 1.29 is 22.7 Å². The number of sulfonamides is 1. The quantitative estimate of drug-likeness (QED) is 0.687. The highest BCUT2D eigenvalue weighted by atomic mass is 35.5. The van der Waals surface area contributed by atoms with Gasteiger partial charge in [0.1, 0.15) is 6.04 Å². The number of nitrogens with zero attached hydrogens (tertiary/aromatic N) is 1. The summed E-state index contributed by atoms with van der Waals surface area (Å²) in [5.41, 5.74) is 0.398. The van der Waals surface area contributed by atoms with E-state index in [1.807, 2.05) is 0 Å². The zero-order chi connectivity index (χ0) is 21.1. The summed E-state index contributed by atoms with van der Waals surface area (Å²) in [7, 11) is -2.67. The van der Waals surface area contributed by atoms with Gasteiger partial charge in [-0.15, -0.1) is 0 Å². The number of hydrogen-bond acceptors (Lipinski definition) is 5. The zero-order valence-corrected chi connectivity index (χ0v) is 17.6. The molecule has 10 heteroatoms. The third-order valence-corrected chi connectivity index (χ3v) is 5.61. The third-order valence-electron chi connectivity index (χ3n) is 3.82. The highest BCUT2D eigenvalue weighted by Crippen LogP contribution is 2.32. The van der Waals surface area contributed by atoms with Gasteiger partial charge in [-0.3, -0.25) is 9.10 Å². The van der Waals surface area contributed by atoms with E-state index in [4.69, 9.17) is 27.9 Å². The third kappa shape index (κ3) is 4.95. The van der Waals surface area contributed by atoms with Gasteiger partial charge in [-0.25, -0.2) is 13.2 Å². The number of rotatable bonds is 6. The fourth-order valence-electron chi connectivity index (χ4n) is 2.55. The summed E-state index contributed by atoms with van der Waals surface area (Å²) in [6.07, 6.45) is 0.955. The van der Waals surface area contributed by atoms with Crippen LogP contribution >= 0.6 is 23.2 Å². The molecule has 0 unspecified atom stereocenters. The molecule has 2 rings (SSSR count). The van der Waals surface area contributed by atoms with Crippen molar-refractivity contribution in [2.45, 2.75) is 13.0 Å². The number of nitrogens with one attached hydrogen (secondary N) is 1. The van der Waals surface area contributed by atoms with Gasteiger partial charge in [-0.05, 0) is 37.3 Å². The molecule has 0 saturated heterocycles. The number of methoxy groups -OCH3 is 1. The van der Waals surface area contributed by atoms with Crippen LogP contribution in [-0.2, 0) is 19.6 Å². The molecule has 7 nitrogen and oxygen atoms in total. The van der Waals surface area contributed by atoms with Gasteiger partial charge < -0.3 is 10.1 Å². The molecule has 2 aromatic rings. The van der Waals surface area contributed by atoms with Crippen LogP contribution in [0.4, 0.5) is 11.4 Å². The van der Waals surface area contributed by atoms with Crippen LogP contribution in [0, 0.1) is 0 Å². The Labute approximate surface area is 173 Å². The van der Waals surface area contributed by atoms with Crippen LogP contribution in [0.5, 0.6) is 0 Å². The van der Waals surface area contributed by atoms with Crippen LogP contribution in [0.2, 0.25) is 10.0 Å². The Hall–Kier alpha value is -2.29. The molecule has 0 aliphatic rings. The topological polar surface area (TPSA) is 92.8 Å². The second-order valence-corrected chi connectivity index (χ2v) is 8.56. The Kier molecular flexibility index (Phi) is 6.92. The Bertz CT molecular complexity index is 1010. The lowest BCUT2D eigenvalue weighted by Gasteiger charge is -2.29. The molecule has 28 heavy (non-hydrogen) atoms. The molecule has 0 aliphatic carbocycles. The minimum Gasteiger partial charge on any atom is -0.465 e. The lowest BCUT2D eigenvalue weighted by atomic mass is 10.1. The summed E-state index contributed by atoms with van der Waals surface area (Å²) in [6.45, 7) is 1.40. The van der Waals surface area contributed by atoms with Gasteiger partial charge in [0.2, 0.25) is 15.9 Å². The zero-order valence-electron chi connectivity index (χ0n) is 15.3. The molecule has 0 aliphatic heterocycles. The minimum absolute atomic E-state index is 0.0700. The summed E-state index contributed by atoms with van der Waals surface area (Å²) < 4.78 is 30.3. The Morgan fingerprint density at radius 1 is 1.14 bits per heavy atom. The minimum atomic E-state index is -3.89. The van der Waals surface area contributed by atoms with Gasteiger partial charge in [-0.1, -0.05) is 35.3 Å². The highest BCUT2D eigenvalue weighted by molar-refractivity contribution is 7.92. The molecule has 0 radical (unpaired) electrons. The maximum absolute atomic E-state index is 12.8. The monoisotopic (exact) mass is 444 g/mol. The van der Waals surface area contributed by atoms with Gasteiger partial charge in [-0.2, -0.15) is 0 Å². The van der Waals surface area contributed by atoms with Crippen molar-refractivity contribution in [2.24, 2.45) is 0 Å².